The number of benzene rings is 2. The summed E-state index contributed by atoms with van der Waals surface area (Å²) < 4.78 is 0. The highest BCUT2D eigenvalue weighted by Crippen LogP contribution is 2.31. The van der Waals surface area contributed by atoms with Crippen LogP contribution in [0.5, 0.6) is 0 Å². The van der Waals surface area contributed by atoms with Gasteiger partial charge < -0.3 is 0 Å². The number of aromatic nitrogens is 1. The Labute approximate surface area is 126 Å². The van der Waals surface area contributed by atoms with E-state index in [9.17, 15) is 0 Å². The third kappa shape index (κ3) is 2.87. The lowest BCUT2D eigenvalue weighted by Crippen LogP contribution is -1.96. The van der Waals surface area contributed by atoms with E-state index in [0.29, 0.717) is 5.92 Å². The minimum atomic E-state index is 0.441. The van der Waals surface area contributed by atoms with E-state index in [-0.39, 0.29) is 0 Å². The molecule has 1 aromatic heterocycles. The Morgan fingerprint density at radius 2 is 1.29 bits per heavy atom. The van der Waals surface area contributed by atoms with Crippen LogP contribution < -0.4 is 0 Å². The molecule has 0 saturated carbocycles. The van der Waals surface area contributed by atoms with Gasteiger partial charge in [0.05, 0.1) is 5.69 Å². The monoisotopic (exact) mass is 273 g/mol. The molecule has 3 aromatic rings. The molecule has 0 aliphatic rings. The Morgan fingerprint density at radius 1 is 0.714 bits per heavy atom. The summed E-state index contributed by atoms with van der Waals surface area (Å²) in [7, 11) is 0. The number of rotatable bonds is 3. The van der Waals surface area contributed by atoms with Crippen LogP contribution in [0.3, 0.4) is 0 Å². The van der Waals surface area contributed by atoms with Gasteiger partial charge >= 0.3 is 0 Å². The molecule has 0 aliphatic carbocycles. The zero-order valence-electron chi connectivity index (χ0n) is 12.5. The topological polar surface area (TPSA) is 12.9 Å². The van der Waals surface area contributed by atoms with E-state index in [2.05, 4.69) is 68.4 Å². The maximum absolute atomic E-state index is 4.75. The molecule has 0 radical (unpaired) electrons. The molecule has 1 heteroatoms. The second kappa shape index (κ2) is 5.92. The summed E-state index contributed by atoms with van der Waals surface area (Å²) >= 11 is 0. The number of hydrogen-bond acceptors (Lipinski definition) is 1. The molecule has 0 aliphatic heterocycles. The average Bonchev–Trinajstić information content (AvgIpc) is 2.56. The molecule has 0 N–H and O–H groups in total. The van der Waals surface area contributed by atoms with Crippen LogP contribution in [0.25, 0.3) is 22.4 Å². The summed E-state index contributed by atoms with van der Waals surface area (Å²) in [5, 5.41) is 0. The van der Waals surface area contributed by atoms with Crippen molar-refractivity contribution in [2.45, 2.75) is 19.8 Å². The van der Waals surface area contributed by atoms with E-state index < -0.39 is 0 Å². The fourth-order valence-corrected chi connectivity index (χ4v) is 2.55. The maximum atomic E-state index is 4.75. The lowest BCUT2D eigenvalue weighted by atomic mass is 9.94. The van der Waals surface area contributed by atoms with Crippen molar-refractivity contribution in [3.8, 4) is 22.4 Å². The Hall–Kier alpha value is -2.41. The second-order valence-corrected chi connectivity index (χ2v) is 5.55. The molecule has 1 heterocycles. The van der Waals surface area contributed by atoms with Crippen LogP contribution in [-0.2, 0) is 0 Å². The van der Waals surface area contributed by atoms with Gasteiger partial charge in [-0.2, -0.15) is 0 Å². The Kier molecular flexibility index (Phi) is 3.83. The quantitative estimate of drug-likeness (QED) is 0.610. The largest absolute Gasteiger partial charge is 0.255 e. The average molecular weight is 273 g/mol. The molecule has 0 saturated heterocycles. The van der Waals surface area contributed by atoms with E-state index in [1.54, 1.807) is 0 Å². The van der Waals surface area contributed by atoms with Gasteiger partial charge in [0.25, 0.3) is 0 Å². The third-order valence-electron chi connectivity index (χ3n) is 3.69. The molecule has 3 rings (SSSR count). The van der Waals surface area contributed by atoms with Gasteiger partial charge in [0, 0.05) is 17.3 Å². The lowest BCUT2D eigenvalue weighted by Gasteiger charge is -2.14. The highest BCUT2D eigenvalue weighted by Gasteiger charge is 2.11. The zero-order valence-corrected chi connectivity index (χ0v) is 12.5. The highest BCUT2D eigenvalue weighted by molar-refractivity contribution is 5.70. The normalized spacial score (nSPS) is 10.8. The van der Waals surface area contributed by atoms with Crippen LogP contribution in [0, 0.1) is 0 Å². The fraction of sp³-hybridized carbons (Fsp3) is 0.150. The lowest BCUT2D eigenvalue weighted by molar-refractivity contribution is 0.862. The van der Waals surface area contributed by atoms with Crippen molar-refractivity contribution in [2.75, 3.05) is 0 Å². The predicted octanol–water partition coefficient (Wildman–Crippen LogP) is 5.54. The van der Waals surface area contributed by atoms with Gasteiger partial charge in [-0.3, -0.25) is 4.98 Å². The molecule has 1 nitrogen and oxygen atoms in total. The molecule has 0 unspecified atom stereocenters. The van der Waals surface area contributed by atoms with E-state index in [1.165, 1.54) is 22.3 Å². The van der Waals surface area contributed by atoms with Crippen LogP contribution in [0.2, 0.25) is 0 Å². The van der Waals surface area contributed by atoms with E-state index in [1.807, 2.05) is 18.3 Å². The molecular weight excluding hydrogens is 254 g/mol. The maximum Gasteiger partial charge on any atom is 0.0736 e. The fourth-order valence-electron chi connectivity index (χ4n) is 2.55. The summed E-state index contributed by atoms with van der Waals surface area (Å²) in [6.07, 6.45) is 1.98. The van der Waals surface area contributed by atoms with Gasteiger partial charge in [-0.1, -0.05) is 74.5 Å². The molecule has 21 heavy (non-hydrogen) atoms. The Bertz CT molecular complexity index is 715. The first-order chi connectivity index (χ1) is 10.3. The summed E-state index contributed by atoms with van der Waals surface area (Å²) in [4.78, 5) is 4.75. The molecular formula is C20H19N. The minimum Gasteiger partial charge on any atom is -0.255 e. The first-order valence-electron chi connectivity index (χ1n) is 7.36. The summed E-state index contributed by atoms with van der Waals surface area (Å²) in [5.41, 5.74) is 5.96. The minimum absolute atomic E-state index is 0.441. The van der Waals surface area contributed by atoms with Crippen molar-refractivity contribution in [1.82, 2.24) is 4.98 Å². The second-order valence-electron chi connectivity index (χ2n) is 5.55. The number of hydrogen-bond donors (Lipinski definition) is 0. The van der Waals surface area contributed by atoms with Crippen molar-refractivity contribution in [1.29, 1.82) is 0 Å². The highest BCUT2D eigenvalue weighted by atomic mass is 14.7. The van der Waals surface area contributed by atoms with Crippen molar-refractivity contribution in [3.63, 3.8) is 0 Å². The molecule has 0 bridgehead atoms. The summed E-state index contributed by atoms with van der Waals surface area (Å²) in [6.45, 7) is 4.44. The summed E-state index contributed by atoms with van der Waals surface area (Å²) in [5.74, 6) is 0.441. The van der Waals surface area contributed by atoms with E-state index in [4.69, 9.17) is 4.98 Å². The van der Waals surface area contributed by atoms with E-state index >= 15 is 0 Å². The molecule has 0 spiro atoms. The molecule has 0 fully saturated rings. The SMILES string of the molecule is CC(C)c1cc(-c2ccccc2)cnc1-c1ccccc1. The first-order valence-corrected chi connectivity index (χ1v) is 7.36. The van der Waals surface area contributed by atoms with Crippen LogP contribution in [0.15, 0.2) is 72.9 Å². The number of nitrogens with zero attached hydrogens (tertiary/aromatic N) is 1. The molecule has 0 amide bonds. The molecule has 2 aromatic carbocycles. The smallest absolute Gasteiger partial charge is 0.0736 e. The molecule has 104 valence electrons. The van der Waals surface area contributed by atoms with Crippen molar-refractivity contribution in [3.05, 3.63) is 78.5 Å². The van der Waals surface area contributed by atoms with Gasteiger partial charge in [0.1, 0.15) is 0 Å². The van der Waals surface area contributed by atoms with Gasteiger partial charge in [-0.05, 0) is 23.1 Å². The Morgan fingerprint density at radius 3 is 1.86 bits per heavy atom. The van der Waals surface area contributed by atoms with Gasteiger partial charge in [-0.15, -0.1) is 0 Å². The van der Waals surface area contributed by atoms with Gasteiger partial charge in [-0.25, -0.2) is 0 Å². The van der Waals surface area contributed by atoms with Crippen molar-refractivity contribution >= 4 is 0 Å². The predicted molar refractivity (Wildman–Crippen MR) is 89.2 cm³/mol. The van der Waals surface area contributed by atoms with Gasteiger partial charge in [0.15, 0.2) is 0 Å². The van der Waals surface area contributed by atoms with Crippen molar-refractivity contribution in [2.24, 2.45) is 0 Å². The van der Waals surface area contributed by atoms with Crippen molar-refractivity contribution < 1.29 is 0 Å². The van der Waals surface area contributed by atoms with E-state index in [0.717, 1.165) is 5.69 Å². The van der Waals surface area contributed by atoms with Gasteiger partial charge in [0.2, 0.25) is 0 Å². The first kappa shape index (κ1) is 13.6. The summed E-state index contributed by atoms with van der Waals surface area (Å²) in [6, 6.07) is 23.1. The molecule has 0 atom stereocenters. The van der Waals surface area contributed by atoms with Crippen LogP contribution in [-0.4, -0.2) is 4.98 Å². The van der Waals surface area contributed by atoms with Crippen LogP contribution in [0.4, 0.5) is 0 Å². The third-order valence-corrected chi connectivity index (χ3v) is 3.69. The Balaban J connectivity index is 2.12. The number of pyridine rings is 1. The van der Waals surface area contributed by atoms with Crippen LogP contribution in [0.1, 0.15) is 25.3 Å². The zero-order chi connectivity index (χ0) is 14.7. The standard InChI is InChI=1S/C20H19N/c1-15(2)19-13-18(16-9-5-3-6-10-16)14-21-20(19)17-11-7-4-8-12-17/h3-15H,1-2H3. The van der Waals surface area contributed by atoms with Crippen LogP contribution >= 0.6 is 0 Å².